The summed E-state index contributed by atoms with van der Waals surface area (Å²) < 4.78 is 0. The van der Waals surface area contributed by atoms with Gasteiger partial charge in [-0.2, -0.15) is 0 Å². The summed E-state index contributed by atoms with van der Waals surface area (Å²) in [5.41, 5.74) is 0. The average Bonchev–Trinajstić information content (AvgIpc) is 1.89. The molecule has 0 saturated carbocycles. The molecule has 0 aromatic carbocycles. The van der Waals surface area contributed by atoms with Gasteiger partial charge in [-0.05, 0) is 13.0 Å². The molecule has 0 bridgehead atoms. The van der Waals surface area contributed by atoms with Crippen LogP contribution in [0.15, 0.2) is 36.3 Å². The van der Waals surface area contributed by atoms with E-state index in [4.69, 9.17) is 10.5 Å². The molecule has 0 aromatic heterocycles. The van der Waals surface area contributed by atoms with E-state index in [-0.39, 0.29) is 5.76 Å². The Bertz CT molecular complexity index is 208. The van der Waals surface area contributed by atoms with Crippen molar-refractivity contribution in [1.82, 2.24) is 0 Å². The van der Waals surface area contributed by atoms with Gasteiger partial charge in [-0.3, -0.25) is 0 Å². The van der Waals surface area contributed by atoms with Crippen LogP contribution in [0.3, 0.4) is 0 Å². The van der Waals surface area contributed by atoms with Crippen LogP contribution in [0.2, 0.25) is 0 Å². The first-order valence-corrected chi connectivity index (χ1v) is 2.84. The molecule has 1 N–H and O–H groups in total. The third kappa shape index (κ3) is 4.60. The van der Waals surface area contributed by atoms with Crippen molar-refractivity contribution in [1.29, 1.82) is 5.39 Å². The molecule has 3 nitrogen and oxygen atoms in total. The molecule has 0 aliphatic rings. The van der Waals surface area contributed by atoms with Crippen molar-refractivity contribution < 1.29 is 5.11 Å². The number of aliphatic hydroxyl groups is 1. The standard InChI is InChI=1S/C7H8N2O/c1-2-3-4-5-7(10)6-9-8/h2-6H,1H3/p+1/b3-2+,5-4+,7-6-. The largest absolute Gasteiger partial charge is 0.502 e. The van der Waals surface area contributed by atoms with Gasteiger partial charge in [0.05, 0.1) is 0 Å². The molecule has 0 unspecified atom stereocenters. The van der Waals surface area contributed by atoms with Crippen molar-refractivity contribution >= 4 is 0 Å². The predicted octanol–water partition coefficient (Wildman–Crippen LogP) is 2.37. The second kappa shape index (κ2) is 5.57. The minimum atomic E-state index is -0.0828. The predicted molar refractivity (Wildman–Crippen MR) is 39.7 cm³/mol. The van der Waals surface area contributed by atoms with Gasteiger partial charge in [0.15, 0.2) is 4.98 Å². The molecule has 0 rings (SSSR count). The molecule has 0 heterocycles. The summed E-state index contributed by atoms with van der Waals surface area (Å²) >= 11 is 0. The lowest BCUT2D eigenvalue weighted by molar-refractivity contribution is 0.432. The summed E-state index contributed by atoms with van der Waals surface area (Å²) in [5.74, 6) is -0.0828. The summed E-state index contributed by atoms with van der Waals surface area (Å²) in [7, 11) is 0. The van der Waals surface area contributed by atoms with E-state index in [1.54, 1.807) is 12.2 Å². The number of hydrogen-bond donors (Lipinski definition) is 1. The molecule has 0 fully saturated rings. The Labute approximate surface area is 59.6 Å². The zero-order valence-electron chi connectivity index (χ0n) is 5.73. The van der Waals surface area contributed by atoms with Gasteiger partial charge in [-0.25, -0.2) is 0 Å². The first-order valence-electron chi connectivity index (χ1n) is 2.84. The van der Waals surface area contributed by atoms with E-state index in [1.807, 2.05) is 13.0 Å². The minimum Gasteiger partial charge on any atom is -0.502 e. The van der Waals surface area contributed by atoms with Gasteiger partial charge in [-0.1, -0.05) is 18.2 Å². The fourth-order valence-electron chi connectivity index (χ4n) is 0.367. The summed E-state index contributed by atoms with van der Waals surface area (Å²) in [6.45, 7) is 1.86. The van der Waals surface area contributed by atoms with Crippen LogP contribution < -0.4 is 0 Å². The Morgan fingerprint density at radius 1 is 1.50 bits per heavy atom. The normalized spacial score (nSPS) is 12.6. The maximum Gasteiger partial charge on any atom is 0.391 e. The lowest BCUT2D eigenvalue weighted by Crippen LogP contribution is -1.68. The molecule has 3 heteroatoms. The van der Waals surface area contributed by atoms with Crippen molar-refractivity contribution in [3.63, 3.8) is 0 Å². The van der Waals surface area contributed by atoms with Crippen molar-refractivity contribution in [3.8, 4) is 0 Å². The van der Waals surface area contributed by atoms with Crippen LogP contribution in [0.5, 0.6) is 0 Å². The van der Waals surface area contributed by atoms with Gasteiger partial charge < -0.3 is 5.11 Å². The highest BCUT2D eigenvalue weighted by Gasteiger charge is 1.89. The SMILES string of the molecule is C/C=C/C=C/C(O)=C/[N+]#N. The monoisotopic (exact) mass is 137 g/mol. The van der Waals surface area contributed by atoms with E-state index in [0.717, 1.165) is 6.20 Å². The number of rotatable bonds is 2. The molecular weight excluding hydrogens is 128 g/mol. The number of aliphatic hydroxyl groups excluding tert-OH is 1. The Morgan fingerprint density at radius 3 is 2.70 bits per heavy atom. The maximum absolute atomic E-state index is 8.76. The molecule has 10 heavy (non-hydrogen) atoms. The smallest absolute Gasteiger partial charge is 0.391 e. The van der Waals surface area contributed by atoms with Crippen LogP contribution in [0.25, 0.3) is 4.98 Å². The molecule has 0 saturated heterocycles. The summed E-state index contributed by atoms with van der Waals surface area (Å²) in [6.07, 6.45) is 7.57. The third-order valence-electron chi connectivity index (χ3n) is 0.761. The van der Waals surface area contributed by atoms with Crippen LogP contribution in [-0.4, -0.2) is 5.11 Å². The number of nitrogens with zero attached hydrogens (tertiary/aromatic N) is 2. The first-order chi connectivity index (χ1) is 4.81. The van der Waals surface area contributed by atoms with Gasteiger partial charge in [0.1, 0.15) is 0 Å². The highest BCUT2D eigenvalue weighted by molar-refractivity contribution is 5.16. The van der Waals surface area contributed by atoms with Gasteiger partial charge in [-0.15, -0.1) is 0 Å². The van der Waals surface area contributed by atoms with Gasteiger partial charge in [0, 0.05) is 0 Å². The summed E-state index contributed by atoms with van der Waals surface area (Å²) in [5, 5.41) is 16.7. The van der Waals surface area contributed by atoms with E-state index in [0.29, 0.717) is 0 Å². The van der Waals surface area contributed by atoms with Crippen LogP contribution in [0.1, 0.15) is 6.92 Å². The molecule has 0 amide bonds. The zero-order chi connectivity index (χ0) is 7.82. The van der Waals surface area contributed by atoms with E-state index in [1.165, 1.54) is 6.08 Å². The maximum atomic E-state index is 8.76. The molecule has 52 valence electrons. The highest BCUT2D eigenvalue weighted by atomic mass is 16.3. The van der Waals surface area contributed by atoms with E-state index in [9.17, 15) is 0 Å². The first kappa shape index (κ1) is 8.44. The number of hydrogen-bond acceptors (Lipinski definition) is 2. The van der Waals surface area contributed by atoms with Crippen LogP contribution >= 0.6 is 0 Å². The Morgan fingerprint density at radius 2 is 2.20 bits per heavy atom. The Kier molecular flexibility index (Phi) is 4.70. The zero-order valence-corrected chi connectivity index (χ0v) is 5.73. The third-order valence-corrected chi connectivity index (χ3v) is 0.761. The lowest BCUT2D eigenvalue weighted by Gasteiger charge is -1.76. The number of allylic oxidation sites excluding steroid dienone is 4. The highest BCUT2D eigenvalue weighted by Crippen LogP contribution is 1.90. The quantitative estimate of drug-likeness (QED) is 0.361. The molecule has 0 aromatic rings. The molecule has 0 aliphatic carbocycles. The molecular formula is C7H9N2O+. The van der Waals surface area contributed by atoms with E-state index < -0.39 is 0 Å². The molecule has 0 spiro atoms. The summed E-state index contributed by atoms with van der Waals surface area (Å²) in [4.78, 5) is 2.63. The molecule has 0 aliphatic heterocycles. The fraction of sp³-hybridized carbons (Fsp3) is 0.143. The average molecular weight is 137 g/mol. The molecule has 0 atom stereocenters. The van der Waals surface area contributed by atoms with Crippen molar-refractivity contribution in [3.05, 3.63) is 41.2 Å². The van der Waals surface area contributed by atoms with E-state index >= 15 is 0 Å². The Hall–Kier alpha value is -1.56. The van der Waals surface area contributed by atoms with Crippen LogP contribution in [0, 0.1) is 5.39 Å². The van der Waals surface area contributed by atoms with Crippen LogP contribution in [0.4, 0.5) is 0 Å². The van der Waals surface area contributed by atoms with Crippen molar-refractivity contribution in [2.75, 3.05) is 0 Å². The lowest BCUT2D eigenvalue weighted by atomic mass is 10.4. The van der Waals surface area contributed by atoms with Crippen molar-refractivity contribution in [2.24, 2.45) is 0 Å². The molecule has 0 radical (unpaired) electrons. The summed E-state index contributed by atoms with van der Waals surface area (Å²) in [6, 6.07) is 0. The second-order valence-electron chi connectivity index (χ2n) is 1.55. The minimum absolute atomic E-state index is 0.0828. The van der Waals surface area contributed by atoms with Gasteiger partial charge in [0.25, 0.3) is 0 Å². The fourth-order valence-corrected chi connectivity index (χ4v) is 0.367. The van der Waals surface area contributed by atoms with Gasteiger partial charge >= 0.3 is 6.20 Å². The van der Waals surface area contributed by atoms with E-state index in [2.05, 4.69) is 4.98 Å². The van der Waals surface area contributed by atoms with Gasteiger partial charge in [0.2, 0.25) is 11.2 Å². The second-order valence-corrected chi connectivity index (χ2v) is 1.55. The van der Waals surface area contributed by atoms with Crippen LogP contribution in [-0.2, 0) is 0 Å². The number of diazo groups is 1. The van der Waals surface area contributed by atoms with Crippen molar-refractivity contribution in [2.45, 2.75) is 6.92 Å². The topological polar surface area (TPSA) is 48.4 Å². The Balaban J connectivity index is 3.92.